The van der Waals surface area contributed by atoms with Gasteiger partial charge < -0.3 is 9.47 Å². The van der Waals surface area contributed by atoms with E-state index in [4.69, 9.17) is 20.0 Å². The van der Waals surface area contributed by atoms with Gasteiger partial charge in [-0.15, -0.1) is 0 Å². The molecule has 0 saturated carbocycles. The van der Waals surface area contributed by atoms with E-state index in [2.05, 4.69) is 6.07 Å². The molecule has 3 aromatic carbocycles. The van der Waals surface area contributed by atoms with E-state index in [1.54, 1.807) is 42.5 Å². The van der Waals surface area contributed by atoms with Crippen molar-refractivity contribution in [2.75, 3.05) is 6.61 Å². The van der Waals surface area contributed by atoms with Gasteiger partial charge in [0.1, 0.15) is 24.2 Å². The Morgan fingerprint density at radius 1 is 0.900 bits per heavy atom. The number of ether oxygens (including phenoxy) is 2. The van der Waals surface area contributed by atoms with Crippen molar-refractivity contribution in [3.63, 3.8) is 0 Å². The number of nitrogens with zero attached hydrogens (tertiary/aromatic N) is 2. The van der Waals surface area contributed by atoms with Crippen molar-refractivity contribution >= 4 is 11.9 Å². The van der Waals surface area contributed by atoms with Crippen LogP contribution in [0.2, 0.25) is 0 Å². The number of allylic oxidation sites excluding steroid dienone is 1. The highest BCUT2D eigenvalue weighted by Crippen LogP contribution is 2.18. The van der Waals surface area contributed by atoms with Crippen molar-refractivity contribution in [3.05, 3.63) is 101 Å². The smallest absolute Gasteiger partial charge is 0.185 e. The number of carbonyl (C=O) groups excluding carboxylic acids is 1. The lowest BCUT2D eigenvalue weighted by Gasteiger charge is -2.07. The Kier molecular flexibility index (Phi) is 6.97. The summed E-state index contributed by atoms with van der Waals surface area (Å²) in [5.74, 6) is 1.08. The average Bonchev–Trinajstić information content (AvgIpc) is 2.80. The van der Waals surface area contributed by atoms with E-state index in [1.165, 1.54) is 6.08 Å². The first-order chi connectivity index (χ1) is 14.7. The maximum atomic E-state index is 12.4. The first kappa shape index (κ1) is 20.4. The zero-order valence-electron chi connectivity index (χ0n) is 16.1. The van der Waals surface area contributed by atoms with Crippen molar-refractivity contribution in [1.29, 1.82) is 10.5 Å². The highest BCUT2D eigenvalue weighted by Gasteiger charge is 2.03. The number of nitriles is 2. The molecule has 3 rings (SSSR count). The number of rotatable bonds is 8. The van der Waals surface area contributed by atoms with Crippen LogP contribution in [-0.4, -0.2) is 12.4 Å². The van der Waals surface area contributed by atoms with Crippen LogP contribution in [0.25, 0.3) is 6.08 Å². The minimum absolute atomic E-state index is 0.0324. The van der Waals surface area contributed by atoms with Crippen LogP contribution in [0.5, 0.6) is 11.5 Å². The first-order valence-electron chi connectivity index (χ1n) is 9.22. The number of hydrogen-bond donors (Lipinski definition) is 0. The molecule has 30 heavy (non-hydrogen) atoms. The fraction of sp³-hybridized carbons (Fsp3) is 0.0800. The third kappa shape index (κ3) is 5.82. The van der Waals surface area contributed by atoms with Crippen molar-refractivity contribution in [2.24, 2.45) is 0 Å². The lowest BCUT2D eigenvalue weighted by molar-refractivity contribution is 0.104. The van der Waals surface area contributed by atoms with E-state index in [1.807, 2.05) is 42.5 Å². The lowest BCUT2D eigenvalue weighted by Crippen LogP contribution is -1.97. The molecule has 0 bridgehead atoms. The maximum absolute atomic E-state index is 12.4. The second kappa shape index (κ2) is 10.3. The molecular formula is C25H18N2O3. The molecule has 0 aliphatic carbocycles. The van der Waals surface area contributed by atoms with Crippen LogP contribution in [0.1, 0.15) is 27.0 Å². The van der Waals surface area contributed by atoms with Crippen molar-refractivity contribution in [2.45, 2.75) is 6.61 Å². The Morgan fingerprint density at radius 2 is 1.70 bits per heavy atom. The van der Waals surface area contributed by atoms with Crippen LogP contribution in [0, 0.1) is 22.7 Å². The van der Waals surface area contributed by atoms with E-state index in [0.29, 0.717) is 29.2 Å². The van der Waals surface area contributed by atoms with Gasteiger partial charge in [-0.25, -0.2) is 0 Å². The number of benzene rings is 3. The molecule has 0 saturated heterocycles. The quantitative estimate of drug-likeness (QED) is 0.399. The van der Waals surface area contributed by atoms with Crippen LogP contribution >= 0.6 is 0 Å². The van der Waals surface area contributed by atoms with Gasteiger partial charge in [-0.1, -0.05) is 30.3 Å². The SMILES string of the molecule is N#CCOc1ccc(C(=O)C=Cc2cccc(OCc3cccc(C#N)c3)c2)cc1. The molecule has 0 heterocycles. The van der Waals surface area contributed by atoms with Crippen LogP contribution < -0.4 is 9.47 Å². The monoisotopic (exact) mass is 394 g/mol. The summed E-state index contributed by atoms with van der Waals surface area (Å²) in [6.45, 7) is 0.317. The molecule has 146 valence electrons. The lowest BCUT2D eigenvalue weighted by atomic mass is 10.1. The Labute approximate surface area is 175 Å². The number of ketones is 1. The van der Waals surface area contributed by atoms with Gasteiger partial charge >= 0.3 is 0 Å². The second-order valence-electron chi connectivity index (χ2n) is 6.34. The highest BCUT2D eigenvalue weighted by atomic mass is 16.5. The molecule has 0 radical (unpaired) electrons. The van der Waals surface area contributed by atoms with Crippen LogP contribution in [0.4, 0.5) is 0 Å². The Balaban J connectivity index is 1.61. The molecule has 0 fully saturated rings. The third-order valence-corrected chi connectivity index (χ3v) is 4.19. The normalized spacial score (nSPS) is 10.2. The number of carbonyl (C=O) groups is 1. The van der Waals surface area contributed by atoms with Gasteiger partial charge in [0.15, 0.2) is 12.4 Å². The van der Waals surface area contributed by atoms with Gasteiger partial charge in [0.05, 0.1) is 11.6 Å². The van der Waals surface area contributed by atoms with Gasteiger partial charge in [0.2, 0.25) is 0 Å². The standard InChI is InChI=1S/C25H18N2O3/c26-13-14-29-23-10-8-22(9-11-23)25(28)12-7-19-3-2-6-24(16-19)30-18-21-5-1-4-20(15-21)17-27/h1-12,15-16H,14,18H2. The fourth-order valence-electron chi connectivity index (χ4n) is 2.70. The minimum Gasteiger partial charge on any atom is -0.489 e. The topological polar surface area (TPSA) is 83.1 Å². The van der Waals surface area contributed by atoms with Gasteiger partial charge in [-0.3, -0.25) is 4.79 Å². The molecule has 5 heteroatoms. The van der Waals surface area contributed by atoms with Gasteiger partial charge in [0.25, 0.3) is 0 Å². The molecule has 0 N–H and O–H groups in total. The largest absolute Gasteiger partial charge is 0.489 e. The van der Waals surface area contributed by atoms with Crippen LogP contribution in [0.15, 0.2) is 78.9 Å². The summed E-state index contributed by atoms with van der Waals surface area (Å²) in [5.41, 5.74) is 2.87. The van der Waals surface area contributed by atoms with Crippen molar-refractivity contribution in [3.8, 4) is 23.6 Å². The average molecular weight is 394 g/mol. The number of hydrogen-bond acceptors (Lipinski definition) is 5. The molecule has 3 aromatic rings. The zero-order chi connectivity index (χ0) is 21.2. The maximum Gasteiger partial charge on any atom is 0.185 e. The third-order valence-electron chi connectivity index (χ3n) is 4.19. The predicted molar refractivity (Wildman–Crippen MR) is 113 cm³/mol. The molecule has 0 atom stereocenters. The Hall–Kier alpha value is -4.35. The van der Waals surface area contributed by atoms with Gasteiger partial charge in [-0.2, -0.15) is 10.5 Å². The van der Waals surface area contributed by atoms with Crippen LogP contribution in [-0.2, 0) is 6.61 Å². The molecule has 0 spiro atoms. The minimum atomic E-state index is -0.138. The van der Waals surface area contributed by atoms with Crippen molar-refractivity contribution in [1.82, 2.24) is 0 Å². The molecular weight excluding hydrogens is 376 g/mol. The Bertz CT molecular complexity index is 1140. The van der Waals surface area contributed by atoms with E-state index in [-0.39, 0.29) is 12.4 Å². The van der Waals surface area contributed by atoms with E-state index >= 15 is 0 Å². The summed E-state index contributed by atoms with van der Waals surface area (Å²) >= 11 is 0. The molecule has 5 nitrogen and oxygen atoms in total. The van der Waals surface area contributed by atoms with E-state index in [0.717, 1.165) is 11.1 Å². The fourth-order valence-corrected chi connectivity index (χ4v) is 2.70. The summed E-state index contributed by atoms with van der Waals surface area (Å²) in [5, 5.41) is 17.5. The first-order valence-corrected chi connectivity index (χ1v) is 9.22. The van der Waals surface area contributed by atoms with Gasteiger partial charge in [-0.05, 0) is 65.7 Å². The summed E-state index contributed by atoms with van der Waals surface area (Å²) < 4.78 is 11.0. The Morgan fingerprint density at radius 3 is 2.47 bits per heavy atom. The summed E-state index contributed by atoms with van der Waals surface area (Å²) in [6, 6.07) is 25.3. The van der Waals surface area contributed by atoms with Gasteiger partial charge in [0, 0.05) is 5.56 Å². The highest BCUT2D eigenvalue weighted by molar-refractivity contribution is 6.06. The second-order valence-corrected chi connectivity index (χ2v) is 6.34. The van der Waals surface area contributed by atoms with E-state index in [9.17, 15) is 4.79 Å². The summed E-state index contributed by atoms with van der Waals surface area (Å²) in [4.78, 5) is 12.4. The van der Waals surface area contributed by atoms with E-state index < -0.39 is 0 Å². The molecule has 0 aromatic heterocycles. The summed E-state index contributed by atoms with van der Waals surface area (Å²) in [7, 11) is 0. The molecule has 0 aliphatic rings. The van der Waals surface area contributed by atoms with Crippen molar-refractivity contribution < 1.29 is 14.3 Å². The summed E-state index contributed by atoms with van der Waals surface area (Å²) in [6.07, 6.45) is 3.23. The molecule has 0 aliphatic heterocycles. The predicted octanol–water partition coefficient (Wildman–Crippen LogP) is 4.94. The molecule has 0 amide bonds. The zero-order valence-corrected chi connectivity index (χ0v) is 16.1. The molecule has 0 unspecified atom stereocenters. The van der Waals surface area contributed by atoms with Crippen LogP contribution in [0.3, 0.4) is 0 Å².